The first-order valence-electron chi connectivity index (χ1n) is 10.5. The fourth-order valence-corrected chi connectivity index (χ4v) is 4.35. The van der Waals surface area contributed by atoms with E-state index in [1.54, 1.807) is 24.4 Å². The van der Waals surface area contributed by atoms with Crippen LogP contribution in [0.1, 0.15) is 11.3 Å². The number of ether oxygens (including phenoxy) is 1. The summed E-state index contributed by atoms with van der Waals surface area (Å²) in [5, 5.41) is 14.7. The SMILES string of the molecule is N#Cc1cnc2cc(-c3ccc(CN4CCOCC4)o3)ccc2c1Nc1ccc(Cl)cc1Cl. The van der Waals surface area contributed by atoms with Gasteiger partial charge in [0.2, 0.25) is 0 Å². The van der Waals surface area contributed by atoms with Crippen LogP contribution in [0.25, 0.3) is 22.2 Å². The van der Waals surface area contributed by atoms with E-state index in [2.05, 4.69) is 21.3 Å². The summed E-state index contributed by atoms with van der Waals surface area (Å²) >= 11 is 12.3. The Morgan fingerprint density at radius 2 is 1.91 bits per heavy atom. The quantitative estimate of drug-likeness (QED) is 0.365. The highest BCUT2D eigenvalue weighted by Crippen LogP contribution is 2.35. The van der Waals surface area contributed by atoms with E-state index in [1.807, 2.05) is 30.3 Å². The molecule has 0 amide bonds. The molecule has 0 aliphatic carbocycles. The first-order chi connectivity index (χ1) is 16.1. The summed E-state index contributed by atoms with van der Waals surface area (Å²) < 4.78 is 11.5. The minimum absolute atomic E-state index is 0.423. The van der Waals surface area contributed by atoms with Crippen molar-refractivity contribution in [2.24, 2.45) is 0 Å². The van der Waals surface area contributed by atoms with Crippen molar-refractivity contribution in [2.75, 3.05) is 31.6 Å². The largest absolute Gasteiger partial charge is 0.460 e. The average Bonchev–Trinajstić information content (AvgIpc) is 3.29. The Bertz CT molecular complexity index is 1360. The molecule has 1 saturated heterocycles. The lowest BCUT2D eigenvalue weighted by atomic mass is 10.1. The van der Waals surface area contributed by atoms with Crippen LogP contribution in [0.2, 0.25) is 10.0 Å². The van der Waals surface area contributed by atoms with Crippen LogP contribution in [0.5, 0.6) is 0 Å². The number of nitriles is 1. The maximum atomic E-state index is 9.63. The van der Waals surface area contributed by atoms with Gasteiger partial charge < -0.3 is 14.5 Å². The molecule has 2 aromatic heterocycles. The number of halogens is 2. The number of nitrogens with one attached hydrogen (secondary N) is 1. The number of hydrogen-bond acceptors (Lipinski definition) is 6. The first-order valence-corrected chi connectivity index (χ1v) is 11.3. The number of hydrogen-bond donors (Lipinski definition) is 1. The summed E-state index contributed by atoms with van der Waals surface area (Å²) in [6.45, 7) is 4.09. The van der Waals surface area contributed by atoms with Crippen molar-refractivity contribution >= 4 is 45.5 Å². The van der Waals surface area contributed by atoms with Gasteiger partial charge in [0.15, 0.2) is 0 Å². The van der Waals surface area contributed by atoms with Crippen molar-refractivity contribution in [3.8, 4) is 17.4 Å². The van der Waals surface area contributed by atoms with Crippen molar-refractivity contribution in [1.29, 1.82) is 5.26 Å². The highest BCUT2D eigenvalue weighted by atomic mass is 35.5. The van der Waals surface area contributed by atoms with Crippen LogP contribution < -0.4 is 5.32 Å². The molecule has 3 heterocycles. The van der Waals surface area contributed by atoms with Gasteiger partial charge in [-0.3, -0.25) is 9.88 Å². The van der Waals surface area contributed by atoms with Gasteiger partial charge in [-0.25, -0.2) is 0 Å². The van der Waals surface area contributed by atoms with Gasteiger partial charge in [-0.2, -0.15) is 5.26 Å². The summed E-state index contributed by atoms with van der Waals surface area (Å²) in [7, 11) is 0. The molecule has 0 bridgehead atoms. The minimum atomic E-state index is 0.423. The van der Waals surface area contributed by atoms with Crippen LogP contribution in [0, 0.1) is 11.3 Å². The van der Waals surface area contributed by atoms with E-state index in [1.165, 1.54) is 0 Å². The van der Waals surface area contributed by atoms with Crippen molar-refractivity contribution in [3.05, 3.63) is 76.1 Å². The molecule has 5 rings (SSSR count). The second-order valence-electron chi connectivity index (χ2n) is 7.79. The maximum absolute atomic E-state index is 9.63. The molecule has 0 saturated carbocycles. The smallest absolute Gasteiger partial charge is 0.134 e. The van der Waals surface area contributed by atoms with Crippen LogP contribution in [0.15, 0.2) is 59.1 Å². The molecule has 0 atom stereocenters. The molecule has 33 heavy (non-hydrogen) atoms. The van der Waals surface area contributed by atoms with Crippen LogP contribution in [-0.2, 0) is 11.3 Å². The lowest BCUT2D eigenvalue weighted by Gasteiger charge is -2.25. The van der Waals surface area contributed by atoms with Gasteiger partial charge in [-0.15, -0.1) is 0 Å². The third-order valence-electron chi connectivity index (χ3n) is 5.61. The van der Waals surface area contributed by atoms with Gasteiger partial charge in [0.25, 0.3) is 0 Å². The predicted molar refractivity (Wildman–Crippen MR) is 130 cm³/mol. The number of furan rings is 1. The van der Waals surface area contributed by atoms with Crippen LogP contribution in [0.3, 0.4) is 0 Å². The second kappa shape index (κ2) is 9.42. The summed E-state index contributed by atoms with van der Waals surface area (Å²) in [5.41, 5.74) is 3.39. The number of fused-ring (bicyclic) bond motifs is 1. The van der Waals surface area contributed by atoms with E-state index in [0.717, 1.165) is 60.8 Å². The Morgan fingerprint density at radius 3 is 2.70 bits per heavy atom. The van der Waals surface area contributed by atoms with E-state index in [-0.39, 0.29) is 0 Å². The molecule has 6 nitrogen and oxygen atoms in total. The van der Waals surface area contributed by atoms with Gasteiger partial charge in [-0.05, 0) is 42.5 Å². The number of anilines is 2. The van der Waals surface area contributed by atoms with Crippen LogP contribution in [-0.4, -0.2) is 36.2 Å². The first kappa shape index (κ1) is 21.7. The monoisotopic (exact) mass is 478 g/mol. The molecule has 1 N–H and O–H groups in total. The Labute approximate surface area is 201 Å². The molecule has 2 aromatic carbocycles. The molecule has 1 aliphatic rings. The Morgan fingerprint density at radius 1 is 1.06 bits per heavy atom. The highest BCUT2D eigenvalue weighted by molar-refractivity contribution is 6.36. The summed E-state index contributed by atoms with van der Waals surface area (Å²) in [5.74, 6) is 1.70. The van der Waals surface area contributed by atoms with Gasteiger partial charge in [0.1, 0.15) is 17.6 Å². The van der Waals surface area contributed by atoms with E-state index in [0.29, 0.717) is 27.0 Å². The summed E-state index contributed by atoms with van der Waals surface area (Å²) in [4.78, 5) is 6.81. The summed E-state index contributed by atoms with van der Waals surface area (Å²) in [6, 6.07) is 17.2. The molecule has 0 unspecified atom stereocenters. The van der Waals surface area contributed by atoms with E-state index < -0.39 is 0 Å². The van der Waals surface area contributed by atoms with Gasteiger partial charge in [-0.1, -0.05) is 29.3 Å². The molecular weight excluding hydrogens is 459 g/mol. The molecule has 4 aromatic rings. The zero-order valence-corrected chi connectivity index (χ0v) is 19.2. The Balaban J connectivity index is 1.46. The Hall–Kier alpha value is -3.08. The molecular formula is C25H20Cl2N4O2. The standard InChI is InChI=1S/C25H20Cl2N4O2/c26-18-2-5-22(21(27)12-18)30-25-17(13-28)14-29-23-11-16(1-4-20(23)25)24-6-3-19(33-24)15-31-7-9-32-10-8-31/h1-6,11-12,14H,7-10,15H2,(H,29,30). The van der Waals surface area contributed by atoms with Gasteiger partial charge in [0.05, 0.1) is 47.2 Å². The molecule has 1 aliphatic heterocycles. The minimum Gasteiger partial charge on any atom is -0.460 e. The van der Waals surface area contributed by atoms with Crippen molar-refractivity contribution in [2.45, 2.75) is 6.54 Å². The predicted octanol–water partition coefficient (Wildman–Crippen LogP) is 6.25. The molecule has 0 radical (unpaired) electrons. The number of rotatable bonds is 5. The molecule has 0 spiro atoms. The fourth-order valence-electron chi connectivity index (χ4n) is 3.89. The molecule has 166 valence electrons. The van der Waals surface area contributed by atoms with Crippen LogP contribution in [0.4, 0.5) is 11.4 Å². The molecule has 1 fully saturated rings. The lowest BCUT2D eigenvalue weighted by Crippen LogP contribution is -2.35. The third-order valence-corrected chi connectivity index (χ3v) is 6.16. The van der Waals surface area contributed by atoms with E-state index in [4.69, 9.17) is 32.4 Å². The zero-order valence-electron chi connectivity index (χ0n) is 17.6. The third kappa shape index (κ3) is 4.68. The number of pyridine rings is 1. The lowest BCUT2D eigenvalue weighted by molar-refractivity contribution is 0.0314. The van der Waals surface area contributed by atoms with E-state index in [9.17, 15) is 5.26 Å². The van der Waals surface area contributed by atoms with Gasteiger partial charge >= 0.3 is 0 Å². The maximum Gasteiger partial charge on any atom is 0.134 e. The van der Waals surface area contributed by atoms with Crippen LogP contribution >= 0.6 is 23.2 Å². The van der Waals surface area contributed by atoms with E-state index >= 15 is 0 Å². The second-order valence-corrected chi connectivity index (χ2v) is 8.64. The Kier molecular flexibility index (Phi) is 6.21. The van der Waals surface area contributed by atoms with Gasteiger partial charge in [0, 0.05) is 35.3 Å². The molecule has 8 heteroatoms. The highest BCUT2D eigenvalue weighted by Gasteiger charge is 2.15. The number of nitrogens with zero attached hydrogens (tertiary/aromatic N) is 3. The summed E-state index contributed by atoms with van der Waals surface area (Å²) in [6.07, 6.45) is 1.56. The average molecular weight is 479 g/mol. The van der Waals surface area contributed by atoms with Crippen molar-refractivity contribution in [1.82, 2.24) is 9.88 Å². The topological polar surface area (TPSA) is 74.3 Å². The number of aromatic nitrogens is 1. The zero-order chi connectivity index (χ0) is 22.8. The van der Waals surface area contributed by atoms with Crippen molar-refractivity contribution < 1.29 is 9.15 Å². The number of benzene rings is 2. The normalized spacial score (nSPS) is 14.3. The van der Waals surface area contributed by atoms with Crippen molar-refractivity contribution in [3.63, 3.8) is 0 Å². The number of morpholine rings is 1. The fraction of sp³-hybridized carbons (Fsp3) is 0.200.